The van der Waals surface area contributed by atoms with Gasteiger partial charge in [-0.25, -0.2) is 0 Å². The molecular weight excluding hydrogens is 303 g/mol. The van der Waals surface area contributed by atoms with Crippen LogP contribution in [0.25, 0.3) is 0 Å². The number of halogens is 2. The molecule has 0 saturated heterocycles. The summed E-state index contributed by atoms with van der Waals surface area (Å²) in [5.74, 6) is 0.0108. The SMILES string of the molecule is CCC(CC)(C(=O)Cl)C(=O)Oc1ccc(OC)cc1Cl. The molecule has 0 aliphatic heterocycles. The molecule has 0 bridgehead atoms. The second kappa shape index (κ2) is 6.95. The van der Waals surface area contributed by atoms with Crippen molar-refractivity contribution in [1.29, 1.82) is 0 Å². The van der Waals surface area contributed by atoms with Crippen LogP contribution in [0.3, 0.4) is 0 Å². The fourth-order valence-electron chi connectivity index (χ4n) is 1.79. The molecule has 0 aliphatic carbocycles. The van der Waals surface area contributed by atoms with E-state index in [-0.39, 0.29) is 23.6 Å². The summed E-state index contributed by atoms with van der Waals surface area (Å²) in [6, 6.07) is 4.64. The van der Waals surface area contributed by atoms with Crippen molar-refractivity contribution in [3.63, 3.8) is 0 Å². The van der Waals surface area contributed by atoms with Crippen molar-refractivity contribution in [3.05, 3.63) is 23.2 Å². The lowest BCUT2D eigenvalue weighted by Gasteiger charge is -2.24. The van der Waals surface area contributed by atoms with Crippen molar-refractivity contribution in [2.75, 3.05) is 7.11 Å². The molecule has 0 atom stereocenters. The number of hydrogen-bond acceptors (Lipinski definition) is 4. The first-order valence-corrected chi connectivity index (χ1v) is 6.92. The molecule has 0 N–H and O–H groups in total. The van der Waals surface area contributed by atoms with Crippen LogP contribution in [0.4, 0.5) is 0 Å². The lowest BCUT2D eigenvalue weighted by molar-refractivity contribution is -0.150. The Kier molecular flexibility index (Phi) is 5.84. The molecule has 0 fully saturated rings. The molecule has 0 amide bonds. The van der Waals surface area contributed by atoms with E-state index in [0.717, 1.165) is 0 Å². The summed E-state index contributed by atoms with van der Waals surface area (Å²) in [5, 5.41) is -0.502. The van der Waals surface area contributed by atoms with Crippen molar-refractivity contribution < 1.29 is 19.1 Å². The van der Waals surface area contributed by atoms with Gasteiger partial charge in [0.2, 0.25) is 5.24 Å². The first-order chi connectivity index (χ1) is 9.41. The molecule has 0 aliphatic rings. The standard InChI is InChI=1S/C14H16Cl2O4/c1-4-14(5-2,12(16)17)13(18)20-11-7-6-9(19-3)8-10(11)15/h6-8H,4-5H2,1-3H3. The molecule has 1 aromatic carbocycles. The van der Waals surface area contributed by atoms with E-state index in [4.69, 9.17) is 32.7 Å². The summed E-state index contributed by atoms with van der Waals surface area (Å²) < 4.78 is 10.2. The molecule has 110 valence electrons. The predicted octanol–water partition coefficient (Wildman–Crippen LogP) is 3.83. The number of methoxy groups -OCH3 is 1. The molecule has 6 heteroatoms. The number of benzene rings is 1. The zero-order valence-corrected chi connectivity index (χ0v) is 13.0. The Balaban J connectivity index is 3.03. The highest BCUT2D eigenvalue weighted by molar-refractivity contribution is 6.66. The minimum Gasteiger partial charge on any atom is -0.497 e. The van der Waals surface area contributed by atoms with Crippen LogP contribution in [0.1, 0.15) is 26.7 Å². The Morgan fingerprint density at radius 3 is 2.25 bits per heavy atom. The van der Waals surface area contributed by atoms with Gasteiger partial charge >= 0.3 is 5.97 Å². The van der Waals surface area contributed by atoms with Gasteiger partial charge < -0.3 is 9.47 Å². The Labute approximate surface area is 128 Å². The van der Waals surface area contributed by atoms with E-state index in [0.29, 0.717) is 5.75 Å². The van der Waals surface area contributed by atoms with E-state index in [2.05, 4.69) is 0 Å². The Bertz CT molecular complexity index is 510. The summed E-state index contributed by atoms with van der Waals surface area (Å²) in [5.41, 5.74) is -1.34. The summed E-state index contributed by atoms with van der Waals surface area (Å²) in [6.45, 7) is 3.42. The molecule has 0 aromatic heterocycles. The quantitative estimate of drug-likeness (QED) is 0.346. The van der Waals surface area contributed by atoms with Gasteiger partial charge in [-0.15, -0.1) is 0 Å². The van der Waals surface area contributed by atoms with Gasteiger partial charge in [-0.2, -0.15) is 0 Å². The lowest BCUT2D eigenvalue weighted by Crippen LogP contribution is -2.39. The average Bonchev–Trinajstić information content (AvgIpc) is 2.42. The van der Waals surface area contributed by atoms with Crippen molar-refractivity contribution >= 4 is 34.4 Å². The summed E-state index contributed by atoms with van der Waals surface area (Å²) in [6.07, 6.45) is 0.525. The van der Waals surface area contributed by atoms with Gasteiger partial charge in [0, 0.05) is 6.07 Å². The minimum atomic E-state index is -1.34. The van der Waals surface area contributed by atoms with Crippen LogP contribution in [-0.2, 0) is 9.59 Å². The highest BCUT2D eigenvalue weighted by atomic mass is 35.5. The van der Waals surface area contributed by atoms with Crippen LogP contribution < -0.4 is 9.47 Å². The maximum atomic E-state index is 12.2. The summed E-state index contributed by atoms with van der Waals surface area (Å²) in [7, 11) is 1.50. The van der Waals surface area contributed by atoms with Gasteiger partial charge in [-0.05, 0) is 36.6 Å². The van der Waals surface area contributed by atoms with Gasteiger partial charge in [0.1, 0.15) is 16.9 Å². The Morgan fingerprint density at radius 2 is 1.85 bits per heavy atom. The molecule has 1 aromatic rings. The topological polar surface area (TPSA) is 52.6 Å². The fraction of sp³-hybridized carbons (Fsp3) is 0.429. The number of ether oxygens (including phenoxy) is 2. The number of carbonyl (C=O) groups is 2. The third-order valence-electron chi connectivity index (χ3n) is 3.32. The molecule has 1 rings (SSSR count). The zero-order chi connectivity index (χ0) is 15.3. The van der Waals surface area contributed by atoms with Gasteiger partial charge in [0.25, 0.3) is 0 Å². The van der Waals surface area contributed by atoms with Crippen LogP contribution in [0.5, 0.6) is 11.5 Å². The van der Waals surface area contributed by atoms with E-state index < -0.39 is 16.6 Å². The predicted molar refractivity (Wildman–Crippen MR) is 77.5 cm³/mol. The highest BCUT2D eigenvalue weighted by Gasteiger charge is 2.43. The first kappa shape index (κ1) is 16.8. The van der Waals surface area contributed by atoms with E-state index in [9.17, 15) is 9.59 Å². The van der Waals surface area contributed by atoms with Crippen LogP contribution in [0, 0.1) is 5.41 Å². The number of rotatable bonds is 6. The maximum absolute atomic E-state index is 12.2. The third kappa shape index (κ3) is 3.25. The largest absolute Gasteiger partial charge is 0.497 e. The molecular formula is C14H16Cl2O4. The van der Waals surface area contributed by atoms with Gasteiger partial charge in [-0.1, -0.05) is 25.4 Å². The van der Waals surface area contributed by atoms with Gasteiger partial charge in [-0.3, -0.25) is 9.59 Å². The van der Waals surface area contributed by atoms with Crippen molar-refractivity contribution in [2.24, 2.45) is 5.41 Å². The number of esters is 1. The van der Waals surface area contributed by atoms with E-state index in [1.54, 1.807) is 19.9 Å². The highest BCUT2D eigenvalue weighted by Crippen LogP contribution is 2.34. The number of hydrogen-bond donors (Lipinski definition) is 0. The average molecular weight is 319 g/mol. The Hall–Kier alpha value is -1.26. The molecule has 0 heterocycles. The fourth-order valence-corrected chi connectivity index (χ4v) is 2.34. The molecule has 0 radical (unpaired) electrons. The molecule has 0 saturated carbocycles. The minimum absolute atomic E-state index is 0.168. The number of carbonyl (C=O) groups excluding carboxylic acids is 2. The Morgan fingerprint density at radius 1 is 1.25 bits per heavy atom. The van der Waals surface area contributed by atoms with Crippen LogP contribution >= 0.6 is 23.2 Å². The van der Waals surface area contributed by atoms with Crippen molar-refractivity contribution in [2.45, 2.75) is 26.7 Å². The summed E-state index contributed by atoms with van der Waals surface area (Å²) >= 11 is 11.5. The molecule has 0 spiro atoms. The third-order valence-corrected chi connectivity index (χ3v) is 3.97. The first-order valence-electron chi connectivity index (χ1n) is 6.17. The van der Waals surface area contributed by atoms with Crippen LogP contribution in [0.2, 0.25) is 5.02 Å². The lowest BCUT2D eigenvalue weighted by atomic mass is 9.84. The second-order valence-corrected chi connectivity index (χ2v) is 5.00. The van der Waals surface area contributed by atoms with E-state index in [1.165, 1.54) is 19.2 Å². The molecule has 4 nitrogen and oxygen atoms in total. The monoisotopic (exact) mass is 318 g/mol. The zero-order valence-electron chi connectivity index (χ0n) is 11.5. The van der Waals surface area contributed by atoms with E-state index >= 15 is 0 Å². The molecule has 0 unspecified atom stereocenters. The normalized spacial score (nSPS) is 11.1. The van der Waals surface area contributed by atoms with Gasteiger partial charge in [0.15, 0.2) is 0 Å². The van der Waals surface area contributed by atoms with Gasteiger partial charge in [0.05, 0.1) is 12.1 Å². The van der Waals surface area contributed by atoms with Crippen LogP contribution in [0.15, 0.2) is 18.2 Å². The smallest absolute Gasteiger partial charge is 0.326 e. The second-order valence-electron chi connectivity index (χ2n) is 4.25. The van der Waals surface area contributed by atoms with Crippen LogP contribution in [-0.4, -0.2) is 18.3 Å². The maximum Gasteiger partial charge on any atom is 0.326 e. The molecule has 20 heavy (non-hydrogen) atoms. The van der Waals surface area contributed by atoms with Crippen molar-refractivity contribution in [1.82, 2.24) is 0 Å². The van der Waals surface area contributed by atoms with Crippen molar-refractivity contribution in [3.8, 4) is 11.5 Å². The van der Waals surface area contributed by atoms with E-state index in [1.807, 2.05) is 0 Å². The summed E-state index contributed by atoms with van der Waals surface area (Å²) in [4.78, 5) is 23.8.